The summed E-state index contributed by atoms with van der Waals surface area (Å²) in [6.45, 7) is 0.779. The fraction of sp³-hybridized carbons (Fsp3) is 0.316. The summed E-state index contributed by atoms with van der Waals surface area (Å²) in [4.78, 5) is 38.8. The maximum Gasteiger partial charge on any atom is 0.343 e. The van der Waals surface area contributed by atoms with Gasteiger partial charge in [-0.1, -0.05) is 6.07 Å². The molecule has 0 saturated heterocycles. The van der Waals surface area contributed by atoms with Crippen molar-refractivity contribution in [2.75, 3.05) is 27.4 Å². The zero-order chi connectivity index (χ0) is 20.3. The molecule has 148 valence electrons. The molecule has 1 aromatic carbocycles. The van der Waals surface area contributed by atoms with Crippen LogP contribution in [0, 0.1) is 0 Å². The lowest BCUT2D eigenvalue weighted by Crippen LogP contribution is -2.22. The van der Waals surface area contributed by atoms with E-state index in [4.69, 9.17) is 14.2 Å². The van der Waals surface area contributed by atoms with Gasteiger partial charge in [0.25, 0.3) is 5.56 Å². The van der Waals surface area contributed by atoms with Gasteiger partial charge < -0.3 is 29.0 Å². The molecule has 0 unspecified atom stereocenters. The number of aromatic hydroxyl groups is 1. The van der Waals surface area contributed by atoms with Crippen LogP contribution in [0.2, 0.25) is 0 Å². The molecule has 28 heavy (non-hydrogen) atoms. The Kier molecular flexibility index (Phi) is 5.53. The minimum Gasteiger partial charge on any atom is -0.506 e. The van der Waals surface area contributed by atoms with Gasteiger partial charge in [0, 0.05) is 12.1 Å². The first kappa shape index (κ1) is 19.3. The van der Waals surface area contributed by atoms with Gasteiger partial charge in [0.15, 0.2) is 11.5 Å². The zero-order valence-electron chi connectivity index (χ0n) is 15.3. The molecular formula is C19H19NO8. The van der Waals surface area contributed by atoms with Crippen LogP contribution >= 0.6 is 0 Å². The minimum atomic E-state index is -0.892. The molecule has 2 heterocycles. The van der Waals surface area contributed by atoms with Crippen molar-refractivity contribution < 1.29 is 33.6 Å². The first-order chi connectivity index (χ1) is 13.5. The quantitative estimate of drug-likeness (QED) is 0.734. The Morgan fingerprint density at radius 2 is 1.89 bits per heavy atom. The van der Waals surface area contributed by atoms with E-state index < -0.39 is 29.2 Å². The number of hydrogen-bond acceptors (Lipinski definition) is 8. The Balaban J connectivity index is 2.15. The van der Waals surface area contributed by atoms with Crippen LogP contribution in [0.1, 0.15) is 33.8 Å². The van der Waals surface area contributed by atoms with Crippen molar-refractivity contribution in [2.45, 2.75) is 12.3 Å². The molecule has 0 radical (unpaired) electrons. The maximum absolute atomic E-state index is 12.5. The van der Waals surface area contributed by atoms with Crippen LogP contribution < -0.4 is 15.0 Å². The van der Waals surface area contributed by atoms with E-state index in [0.29, 0.717) is 30.3 Å². The Bertz CT molecular complexity index is 965. The molecule has 0 aliphatic carbocycles. The molecule has 0 bridgehead atoms. The van der Waals surface area contributed by atoms with Crippen molar-refractivity contribution in [2.24, 2.45) is 0 Å². The predicted octanol–water partition coefficient (Wildman–Crippen LogP) is 1.33. The van der Waals surface area contributed by atoms with Gasteiger partial charge in [-0.3, -0.25) is 9.59 Å². The smallest absolute Gasteiger partial charge is 0.343 e. The van der Waals surface area contributed by atoms with E-state index in [0.717, 1.165) is 13.3 Å². The third-order valence-corrected chi connectivity index (χ3v) is 4.42. The lowest BCUT2D eigenvalue weighted by atomic mass is 9.87. The Morgan fingerprint density at radius 3 is 2.57 bits per heavy atom. The van der Waals surface area contributed by atoms with Gasteiger partial charge >= 0.3 is 11.9 Å². The fourth-order valence-electron chi connectivity index (χ4n) is 3.04. The van der Waals surface area contributed by atoms with Crippen LogP contribution in [0.25, 0.3) is 0 Å². The molecule has 3 rings (SSSR count). The van der Waals surface area contributed by atoms with Crippen LogP contribution in [0.3, 0.4) is 0 Å². The first-order valence-corrected chi connectivity index (χ1v) is 8.45. The summed E-state index contributed by atoms with van der Waals surface area (Å²) in [7, 11) is 2.37. The second-order valence-electron chi connectivity index (χ2n) is 6.02. The van der Waals surface area contributed by atoms with Crippen LogP contribution in [0.15, 0.2) is 29.2 Å². The molecule has 9 nitrogen and oxygen atoms in total. The number of H-pyrrole nitrogens is 1. The molecule has 2 N–H and O–H groups in total. The number of pyridine rings is 1. The number of aromatic nitrogens is 1. The average Bonchev–Trinajstić information content (AvgIpc) is 2.72. The number of aromatic amines is 1. The van der Waals surface area contributed by atoms with Crippen molar-refractivity contribution in [3.05, 3.63) is 51.4 Å². The number of methoxy groups -OCH3 is 2. The van der Waals surface area contributed by atoms with Crippen LogP contribution in [0.4, 0.5) is 0 Å². The second-order valence-corrected chi connectivity index (χ2v) is 6.02. The summed E-state index contributed by atoms with van der Waals surface area (Å²) < 4.78 is 20.4. The Morgan fingerprint density at radius 1 is 1.18 bits per heavy atom. The number of carbonyl (C=O) groups is 2. The zero-order valence-corrected chi connectivity index (χ0v) is 15.3. The molecule has 0 spiro atoms. The highest BCUT2D eigenvalue weighted by molar-refractivity contribution is 5.92. The number of nitrogens with one attached hydrogen (secondary N) is 1. The Labute approximate surface area is 159 Å². The van der Waals surface area contributed by atoms with Crippen molar-refractivity contribution in [3.63, 3.8) is 0 Å². The molecule has 9 heteroatoms. The molecule has 0 saturated carbocycles. The van der Waals surface area contributed by atoms with Gasteiger partial charge in [-0.05, 0) is 17.7 Å². The van der Waals surface area contributed by atoms with Crippen LogP contribution in [-0.4, -0.2) is 49.5 Å². The van der Waals surface area contributed by atoms with Crippen molar-refractivity contribution >= 4 is 11.9 Å². The average molecular weight is 389 g/mol. The number of ether oxygens (including phenoxy) is 4. The monoisotopic (exact) mass is 389 g/mol. The normalized spacial score (nSPS) is 13.5. The third kappa shape index (κ3) is 3.64. The largest absolute Gasteiger partial charge is 0.506 e. The van der Waals surface area contributed by atoms with E-state index in [1.54, 1.807) is 18.2 Å². The molecule has 1 aliphatic heterocycles. The molecule has 0 fully saturated rings. The number of esters is 2. The van der Waals surface area contributed by atoms with Gasteiger partial charge in [-0.2, -0.15) is 0 Å². The molecule has 1 aromatic heterocycles. The van der Waals surface area contributed by atoms with Crippen molar-refractivity contribution in [3.8, 4) is 17.2 Å². The van der Waals surface area contributed by atoms with Gasteiger partial charge in [0.2, 0.25) is 0 Å². The highest BCUT2D eigenvalue weighted by atomic mass is 16.6. The summed E-state index contributed by atoms with van der Waals surface area (Å²) >= 11 is 0. The van der Waals surface area contributed by atoms with E-state index in [1.807, 2.05) is 0 Å². The highest BCUT2D eigenvalue weighted by Gasteiger charge is 2.29. The third-order valence-electron chi connectivity index (χ3n) is 4.42. The number of rotatable bonds is 5. The molecule has 0 amide bonds. The van der Waals surface area contributed by atoms with Gasteiger partial charge in [-0.25, -0.2) is 4.79 Å². The van der Waals surface area contributed by atoms with Gasteiger partial charge in [-0.15, -0.1) is 0 Å². The second kappa shape index (κ2) is 8.03. The number of fused-ring (bicyclic) bond motifs is 1. The van der Waals surface area contributed by atoms with Gasteiger partial charge in [0.05, 0.1) is 26.2 Å². The van der Waals surface area contributed by atoms with E-state index in [1.165, 1.54) is 7.11 Å². The topological polar surface area (TPSA) is 124 Å². The standard InChI is InChI=1S/C19H19NO8/c1-25-15(21)8-11(10-3-4-13-14(7-10)28-6-5-27-13)16-17(22)12(19(24)26-2)9-20-18(16)23/h3-4,7,9,11H,5-6,8H2,1-2H3,(H2,20,22,23)/t11-/m1/s1. The number of benzene rings is 1. The first-order valence-electron chi connectivity index (χ1n) is 8.45. The van der Waals surface area contributed by atoms with E-state index in [2.05, 4.69) is 9.72 Å². The lowest BCUT2D eigenvalue weighted by Gasteiger charge is -2.22. The number of hydrogen-bond donors (Lipinski definition) is 2. The summed E-state index contributed by atoms with van der Waals surface area (Å²) in [5.74, 6) is -1.88. The summed E-state index contributed by atoms with van der Waals surface area (Å²) in [5.41, 5.74) is -0.499. The summed E-state index contributed by atoms with van der Waals surface area (Å²) in [6, 6.07) is 4.94. The van der Waals surface area contributed by atoms with Crippen molar-refractivity contribution in [1.82, 2.24) is 4.98 Å². The van der Waals surface area contributed by atoms with Crippen LogP contribution in [0.5, 0.6) is 17.2 Å². The fourth-order valence-corrected chi connectivity index (χ4v) is 3.04. The predicted molar refractivity (Wildman–Crippen MR) is 96.0 cm³/mol. The van der Waals surface area contributed by atoms with E-state index >= 15 is 0 Å². The lowest BCUT2D eigenvalue weighted by molar-refractivity contribution is -0.140. The Hall–Kier alpha value is -3.49. The van der Waals surface area contributed by atoms with E-state index in [9.17, 15) is 19.5 Å². The summed E-state index contributed by atoms with van der Waals surface area (Å²) in [6.07, 6.45) is 0.823. The minimum absolute atomic E-state index is 0.148. The van der Waals surface area contributed by atoms with E-state index in [-0.39, 0.29) is 17.5 Å². The molecule has 1 aliphatic rings. The number of carbonyl (C=O) groups excluding carboxylic acids is 2. The molecular weight excluding hydrogens is 370 g/mol. The van der Waals surface area contributed by atoms with Crippen molar-refractivity contribution in [1.29, 1.82) is 0 Å². The summed E-state index contributed by atoms with van der Waals surface area (Å²) in [5, 5.41) is 10.6. The SMILES string of the molecule is COC(=O)C[C@H](c1ccc2c(c1)OCCO2)c1c(O)c(C(=O)OC)c[nH]c1=O. The molecule has 1 atom stereocenters. The maximum atomic E-state index is 12.5. The molecule has 2 aromatic rings. The highest BCUT2D eigenvalue weighted by Crippen LogP contribution is 2.38. The van der Waals surface area contributed by atoms with Gasteiger partial charge in [0.1, 0.15) is 24.5 Å². The van der Waals surface area contributed by atoms with Crippen LogP contribution in [-0.2, 0) is 14.3 Å².